The van der Waals surface area contributed by atoms with Crippen molar-refractivity contribution in [3.8, 4) is 0 Å². The highest BCUT2D eigenvalue weighted by Crippen LogP contribution is 2.25. The summed E-state index contributed by atoms with van der Waals surface area (Å²) in [6.45, 7) is 11.9. The van der Waals surface area contributed by atoms with Crippen molar-refractivity contribution in [1.82, 2.24) is 10.6 Å². The van der Waals surface area contributed by atoms with E-state index < -0.39 is 5.60 Å². The zero-order valence-electron chi connectivity index (χ0n) is 12.4. The van der Waals surface area contributed by atoms with Crippen molar-refractivity contribution in [2.75, 3.05) is 13.1 Å². The van der Waals surface area contributed by atoms with E-state index in [2.05, 4.69) is 24.5 Å². The van der Waals surface area contributed by atoms with E-state index in [4.69, 9.17) is 4.74 Å². The number of carbonyl (C=O) groups excluding carboxylic acids is 1. The maximum absolute atomic E-state index is 11.5. The Labute approximate surface area is 111 Å². The molecule has 2 N–H and O–H groups in total. The minimum atomic E-state index is -0.416. The number of rotatable bonds is 3. The van der Waals surface area contributed by atoms with Crippen LogP contribution in [0.4, 0.5) is 4.79 Å². The van der Waals surface area contributed by atoms with Crippen molar-refractivity contribution in [3.05, 3.63) is 0 Å². The number of nitrogens with one attached hydrogen (secondary N) is 2. The molecule has 4 heteroatoms. The highest BCUT2D eigenvalue weighted by Gasteiger charge is 2.27. The van der Waals surface area contributed by atoms with Crippen molar-refractivity contribution >= 4 is 6.09 Å². The zero-order valence-corrected chi connectivity index (χ0v) is 12.4. The summed E-state index contributed by atoms with van der Waals surface area (Å²) in [6, 6.07) is 0. The van der Waals surface area contributed by atoms with Crippen molar-refractivity contribution in [3.63, 3.8) is 0 Å². The molecule has 0 aliphatic carbocycles. The number of hydrogen-bond acceptors (Lipinski definition) is 3. The Hall–Kier alpha value is -0.770. The highest BCUT2D eigenvalue weighted by atomic mass is 16.6. The molecule has 0 spiro atoms. The molecule has 1 aliphatic rings. The number of hydrogen-bond donors (Lipinski definition) is 2. The minimum Gasteiger partial charge on any atom is -0.444 e. The maximum Gasteiger partial charge on any atom is 0.407 e. The van der Waals surface area contributed by atoms with Crippen LogP contribution >= 0.6 is 0 Å². The first-order chi connectivity index (χ1) is 8.18. The van der Waals surface area contributed by atoms with Crippen molar-refractivity contribution in [1.29, 1.82) is 0 Å². The van der Waals surface area contributed by atoms with E-state index in [0.717, 1.165) is 13.0 Å². The molecule has 18 heavy (non-hydrogen) atoms. The molecule has 0 bridgehead atoms. The first-order valence-corrected chi connectivity index (χ1v) is 6.90. The maximum atomic E-state index is 11.5. The van der Waals surface area contributed by atoms with Crippen LogP contribution < -0.4 is 10.6 Å². The molecule has 106 valence electrons. The van der Waals surface area contributed by atoms with E-state index in [9.17, 15) is 4.79 Å². The predicted molar refractivity (Wildman–Crippen MR) is 73.7 cm³/mol. The lowest BCUT2D eigenvalue weighted by Gasteiger charge is -2.36. The Bertz CT molecular complexity index is 282. The third kappa shape index (κ3) is 6.24. The van der Waals surface area contributed by atoms with Gasteiger partial charge in [-0.05, 0) is 66.3 Å². The summed E-state index contributed by atoms with van der Waals surface area (Å²) in [5.74, 6) is 0.691. The van der Waals surface area contributed by atoms with Crippen LogP contribution in [0.2, 0.25) is 0 Å². The number of piperidine rings is 1. The van der Waals surface area contributed by atoms with Gasteiger partial charge in [0.15, 0.2) is 0 Å². The normalized spacial score (nSPS) is 23.5. The van der Waals surface area contributed by atoms with Gasteiger partial charge in [-0.25, -0.2) is 4.79 Å². The molecule has 1 atom stereocenters. The van der Waals surface area contributed by atoms with E-state index in [0.29, 0.717) is 12.5 Å². The summed E-state index contributed by atoms with van der Waals surface area (Å²) in [7, 11) is 0. The summed E-state index contributed by atoms with van der Waals surface area (Å²) < 4.78 is 5.21. The number of amides is 1. The van der Waals surface area contributed by atoms with Gasteiger partial charge in [0.05, 0.1) is 0 Å². The van der Waals surface area contributed by atoms with Crippen molar-refractivity contribution in [2.45, 2.75) is 65.0 Å². The summed E-state index contributed by atoms with van der Waals surface area (Å²) >= 11 is 0. The summed E-state index contributed by atoms with van der Waals surface area (Å²) in [4.78, 5) is 11.5. The smallest absolute Gasteiger partial charge is 0.407 e. The summed E-state index contributed by atoms with van der Waals surface area (Å²) in [6.07, 6.45) is 3.09. The van der Waals surface area contributed by atoms with Gasteiger partial charge in [-0.15, -0.1) is 0 Å². The van der Waals surface area contributed by atoms with E-state index in [1.54, 1.807) is 0 Å². The van der Waals surface area contributed by atoms with Crippen LogP contribution in [0, 0.1) is 5.92 Å². The van der Waals surface area contributed by atoms with E-state index in [-0.39, 0.29) is 11.6 Å². The fraction of sp³-hybridized carbons (Fsp3) is 0.929. The van der Waals surface area contributed by atoms with Crippen molar-refractivity contribution in [2.24, 2.45) is 5.92 Å². The second-order valence-electron chi connectivity index (χ2n) is 6.89. The molecule has 0 aromatic carbocycles. The lowest BCUT2D eigenvalue weighted by molar-refractivity contribution is 0.0523. The van der Waals surface area contributed by atoms with Gasteiger partial charge in [-0.1, -0.05) is 0 Å². The van der Waals surface area contributed by atoms with E-state index >= 15 is 0 Å². The molecular weight excluding hydrogens is 228 g/mol. The van der Waals surface area contributed by atoms with Crippen LogP contribution in [0.5, 0.6) is 0 Å². The van der Waals surface area contributed by atoms with Crippen LogP contribution in [0.15, 0.2) is 0 Å². The molecule has 4 nitrogen and oxygen atoms in total. The highest BCUT2D eigenvalue weighted by molar-refractivity contribution is 5.67. The lowest BCUT2D eigenvalue weighted by atomic mass is 9.83. The van der Waals surface area contributed by atoms with Crippen LogP contribution in [0.25, 0.3) is 0 Å². The molecule has 0 radical (unpaired) electrons. The quantitative estimate of drug-likeness (QED) is 0.816. The monoisotopic (exact) mass is 256 g/mol. The molecule has 1 aliphatic heterocycles. The van der Waals surface area contributed by atoms with Gasteiger partial charge in [0, 0.05) is 12.1 Å². The fourth-order valence-corrected chi connectivity index (χ4v) is 2.45. The van der Waals surface area contributed by atoms with Gasteiger partial charge >= 0.3 is 6.09 Å². The molecule has 0 aromatic rings. The molecule has 1 saturated heterocycles. The second kappa shape index (κ2) is 5.91. The van der Waals surface area contributed by atoms with E-state index in [1.807, 2.05) is 20.8 Å². The molecule has 0 aromatic heterocycles. The minimum absolute atomic E-state index is 0.231. The zero-order chi connectivity index (χ0) is 13.8. The third-order valence-corrected chi connectivity index (χ3v) is 3.18. The molecule has 1 rings (SSSR count). The Balaban J connectivity index is 2.20. The summed E-state index contributed by atoms with van der Waals surface area (Å²) in [5.41, 5.74) is -0.185. The average molecular weight is 256 g/mol. The molecule has 1 unspecified atom stereocenters. The Morgan fingerprint density at radius 1 is 1.44 bits per heavy atom. The number of carbonyl (C=O) groups is 1. The van der Waals surface area contributed by atoms with Gasteiger partial charge < -0.3 is 15.4 Å². The molecule has 1 fully saturated rings. The number of ether oxygens (including phenoxy) is 1. The molecule has 0 saturated carbocycles. The molecule has 1 heterocycles. The first-order valence-electron chi connectivity index (χ1n) is 6.90. The topological polar surface area (TPSA) is 50.4 Å². The Morgan fingerprint density at radius 2 is 2.11 bits per heavy atom. The molecular formula is C14H28N2O2. The third-order valence-electron chi connectivity index (χ3n) is 3.18. The van der Waals surface area contributed by atoms with Gasteiger partial charge in [-0.3, -0.25) is 0 Å². The predicted octanol–water partition coefficient (Wildman–Crippen LogP) is 2.68. The van der Waals surface area contributed by atoms with Gasteiger partial charge in [0.2, 0.25) is 0 Å². The standard InChI is InChI=1S/C14H28N2O2/c1-13(2,3)18-12(17)15-8-6-11-7-9-16-14(4,5)10-11/h11,16H,6-10H2,1-5H3,(H,15,17). The van der Waals surface area contributed by atoms with E-state index in [1.165, 1.54) is 12.8 Å². The summed E-state index contributed by atoms with van der Waals surface area (Å²) in [5, 5.41) is 6.34. The number of alkyl carbamates (subject to hydrolysis) is 1. The van der Waals surface area contributed by atoms with Gasteiger partial charge in [0.1, 0.15) is 5.60 Å². The largest absolute Gasteiger partial charge is 0.444 e. The van der Waals surface area contributed by atoms with Crippen LogP contribution in [-0.2, 0) is 4.74 Å². The first kappa shape index (κ1) is 15.3. The van der Waals surface area contributed by atoms with Crippen LogP contribution in [-0.4, -0.2) is 30.3 Å². The fourth-order valence-electron chi connectivity index (χ4n) is 2.45. The van der Waals surface area contributed by atoms with Crippen molar-refractivity contribution < 1.29 is 9.53 Å². The van der Waals surface area contributed by atoms with Gasteiger partial charge in [0.25, 0.3) is 0 Å². The second-order valence-corrected chi connectivity index (χ2v) is 6.89. The molecule has 1 amide bonds. The Morgan fingerprint density at radius 3 is 2.67 bits per heavy atom. The Kier molecular flexibility index (Phi) is 5.02. The SMILES string of the molecule is CC1(C)CC(CCNC(=O)OC(C)(C)C)CCN1. The van der Waals surface area contributed by atoms with Gasteiger partial charge in [-0.2, -0.15) is 0 Å². The van der Waals surface area contributed by atoms with Crippen LogP contribution in [0.1, 0.15) is 53.9 Å². The van der Waals surface area contributed by atoms with Crippen LogP contribution in [0.3, 0.4) is 0 Å². The average Bonchev–Trinajstić information content (AvgIpc) is 2.12. The lowest BCUT2D eigenvalue weighted by Crippen LogP contribution is -2.46.